The Balaban J connectivity index is 2.45. The van der Waals surface area contributed by atoms with Crippen LogP contribution in [0.2, 0.25) is 0 Å². The van der Waals surface area contributed by atoms with E-state index in [4.69, 9.17) is 14.6 Å². The molecule has 0 aromatic heterocycles. The van der Waals surface area contributed by atoms with Gasteiger partial charge in [0, 0.05) is 33.4 Å². The largest absolute Gasteiger partial charge is 0.481 e. The van der Waals surface area contributed by atoms with Gasteiger partial charge in [0.15, 0.2) is 0 Å². The number of rotatable bonds is 8. The van der Waals surface area contributed by atoms with Gasteiger partial charge >= 0.3 is 5.97 Å². The van der Waals surface area contributed by atoms with E-state index in [0.29, 0.717) is 26.2 Å². The van der Waals surface area contributed by atoms with Crippen molar-refractivity contribution in [1.29, 1.82) is 0 Å². The van der Waals surface area contributed by atoms with Crippen LogP contribution in [0.3, 0.4) is 0 Å². The maximum Gasteiger partial charge on any atom is 0.305 e. The van der Waals surface area contributed by atoms with Crippen LogP contribution in [0, 0.1) is 0 Å². The molecule has 1 rings (SSSR count). The molecule has 1 saturated heterocycles. The van der Waals surface area contributed by atoms with Crippen LogP contribution < -0.4 is 0 Å². The number of ether oxygens (including phenoxy) is 2. The van der Waals surface area contributed by atoms with E-state index >= 15 is 0 Å². The van der Waals surface area contributed by atoms with E-state index in [1.54, 1.807) is 12.0 Å². The van der Waals surface area contributed by atoms with Gasteiger partial charge in [-0.3, -0.25) is 9.59 Å². The van der Waals surface area contributed by atoms with Gasteiger partial charge in [-0.15, -0.1) is 0 Å². The lowest BCUT2D eigenvalue weighted by molar-refractivity contribution is -0.143. The molecule has 1 heterocycles. The van der Waals surface area contributed by atoms with Crippen LogP contribution in [-0.2, 0) is 19.1 Å². The summed E-state index contributed by atoms with van der Waals surface area (Å²) in [6.07, 6.45) is 1.90. The number of aliphatic carboxylic acids is 1. The highest BCUT2D eigenvalue weighted by Gasteiger charge is 2.28. The Hall–Kier alpha value is -1.14. The van der Waals surface area contributed by atoms with Crippen molar-refractivity contribution in [3.8, 4) is 0 Å². The Morgan fingerprint density at radius 2 is 2.22 bits per heavy atom. The average molecular weight is 259 g/mol. The van der Waals surface area contributed by atoms with Gasteiger partial charge in [-0.25, -0.2) is 0 Å². The quantitative estimate of drug-likeness (QED) is 0.643. The van der Waals surface area contributed by atoms with E-state index in [0.717, 1.165) is 12.8 Å². The Labute approximate surface area is 107 Å². The molecule has 0 aromatic carbocycles. The highest BCUT2D eigenvalue weighted by molar-refractivity contribution is 5.81. The first-order chi connectivity index (χ1) is 8.65. The lowest BCUT2D eigenvalue weighted by Gasteiger charge is -2.24. The standard InChI is InChI=1S/C12H21NO5/c1-17-8-3-6-13(7-5-11(14)15)12(16)10-4-2-9-18-10/h10H,2-9H2,1H3,(H,14,15). The maximum atomic E-state index is 12.1. The molecule has 0 aromatic rings. The van der Waals surface area contributed by atoms with Crippen molar-refractivity contribution < 1.29 is 24.2 Å². The van der Waals surface area contributed by atoms with E-state index in [1.165, 1.54) is 0 Å². The van der Waals surface area contributed by atoms with Gasteiger partial charge in [0.2, 0.25) is 0 Å². The topological polar surface area (TPSA) is 76.1 Å². The second kappa shape index (κ2) is 8.05. The van der Waals surface area contributed by atoms with Crippen molar-refractivity contribution in [2.75, 3.05) is 33.4 Å². The second-order valence-corrected chi connectivity index (χ2v) is 4.32. The van der Waals surface area contributed by atoms with Crippen molar-refractivity contribution in [2.24, 2.45) is 0 Å². The van der Waals surface area contributed by atoms with Crippen LogP contribution in [0.1, 0.15) is 25.7 Å². The number of nitrogens with zero attached hydrogens (tertiary/aromatic N) is 1. The summed E-state index contributed by atoms with van der Waals surface area (Å²) in [6.45, 7) is 1.92. The lowest BCUT2D eigenvalue weighted by Crippen LogP contribution is -2.41. The molecule has 0 bridgehead atoms. The highest BCUT2D eigenvalue weighted by atomic mass is 16.5. The number of carbonyl (C=O) groups excluding carboxylic acids is 1. The van der Waals surface area contributed by atoms with E-state index in [-0.39, 0.29) is 25.0 Å². The fraction of sp³-hybridized carbons (Fsp3) is 0.833. The fourth-order valence-corrected chi connectivity index (χ4v) is 1.94. The average Bonchev–Trinajstić information content (AvgIpc) is 2.86. The summed E-state index contributed by atoms with van der Waals surface area (Å²) in [4.78, 5) is 24.3. The van der Waals surface area contributed by atoms with Crippen LogP contribution in [-0.4, -0.2) is 61.4 Å². The number of hydrogen-bond acceptors (Lipinski definition) is 4. The number of carbonyl (C=O) groups is 2. The zero-order valence-corrected chi connectivity index (χ0v) is 10.8. The molecule has 1 aliphatic rings. The molecule has 6 heteroatoms. The zero-order chi connectivity index (χ0) is 13.4. The third-order valence-electron chi connectivity index (χ3n) is 2.89. The number of methoxy groups -OCH3 is 1. The molecule has 0 aliphatic carbocycles. The van der Waals surface area contributed by atoms with Crippen LogP contribution in [0.25, 0.3) is 0 Å². The molecule has 0 radical (unpaired) electrons. The molecule has 1 N–H and O–H groups in total. The molecule has 0 saturated carbocycles. The normalized spacial score (nSPS) is 18.8. The van der Waals surface area contributed by atoms with Gasteiger partial charge in [0.05, 0.1) is 6.42 Å². The van der Waals surface area contributed by atoms with Crippen molar-refractivity contribution in [1.82, 2.24) is 4.90 Å². The molecule has 18 heavy (non-hydrogen) atoms. The van der Waals surface area contributed by atoms with Crippen molar-refractivity contribution in [2.45, 2.75) is 31.8 Å². The second-order valence-electron chi connectivity index (χ2n) is 4.32. The molecule has 0 spiro atoms. The molecule has 104 valence electrons. The zero-order valence-electron chi connectivity index (χ0n) is 10.8. The summed E-state index contributed by atoms with van der Waals surface area (Å²) < 4.78 is 10.3. The Bertz CT molecular complexity index is 276. The number of carboxylic acids is 1. The van der Waals surface area contributed by atoms with E-state index in [2.05, 4.69) is 0 Å². The first-order valence-electron chi connectivity index (χ1n) is 6.26. The number of hydrogen-bond donors (Lipinski definition) is 1. The van der Waals surface area contributed by atoms with Crippen LogP contribution in [0.4, 0.5) is 0 Å². The first-order valence-corrected chi connectivity index (χ1v) is 6.26. The van der Waals surface area contributed by atoms with Crippen molar-refractivity contribution >= 4 is 11.9 Å². The summed E-state index contributed by atoms with van der Waals surface area (Å²) in [5.74, 6) is -0.989. The van der Waals surface area contributed by atoms with Gasteiger partial charge in [-0.2, -0.15) is 0 Å². The third kappa shape index (κ3) is 5.01. The minimum absolute atomic E-state index is 0.0363. The molecule has 1 unspecified atom stereocenters. The molecule has 6 nitrogen and oxygen atoms in total. The van der Waals surface area contributed by atoms with Crippen molar-refractivity contribution in [3.63, 3.8) is 0 Å². The Morgan fingerprint density at radius 3 is 2.78 bits per heavy atom. The molecular weight excluding hydrogens is 238 g/mol. The van der Waals surface area contributed by atoms with Gasteiger partial charge in [0.1, 0.15) is 6.10 Å². The smallest absolute Gasteiger partial charge is 0.305 e. The van der Waals surface area contributed by atoms with Crippen LogP contribution >= 0.6 is 0 Å². The van der Waals surface area contributed by atoms with Crippen LogP contribution in [0.5, 0.6) is 0 Å². The summed E-state index contributed by atoms with van der Waals surface area (Å²) in [7, 11) is 1.60. The van der Waals surface area contributed by atoms with E-state index in [9.17, 15) is 9.59 Å². The van der Waals surface area contributed by atoms with Gasteiger partial charge in [0.25, 0.3) is 5.91 Å². The number of carboxylic acid groups (broad SMARTS) is 1. The third-order valence-corrected chi connectivity index (χ3v) is 2.89. The predicted octanol–water partition coefficient (Wildman–Crippen LogP) is 0.505. The monoisotopic (exact) mass is 259 g/mol. The van der Waals surface area contributed by atoms with Gasteiger partial charge < -0.3 is 19.5 Å². The SMILES string of the molecule is COCCCN(CCC(=O)O)C(=O)C1CCCO1. The summed E-state index contributed by atoms with van der Waals surface area (Å²) in [6, 6.07) is 0. The first kappa shape index (κ1) is 14.9. The van der Waals surface area contributed by atoms with E-state index in [1.807, 2.05) is 0 Å². The Kier molecular flexibility index (Phi) is 6.67. The molecule has 1 fully saturated rings. The van der Waals surface area contributed by atoms with Crippen molar-refractivity contribution in [3.05, 3.63) is 0 Å². The van der Waals surface area contributed by atoms with E-state index < -0.39 is 5.97 Å². The number of amides is 1. The summed E-state index contributed by atoms with van der Waals surface area (Å²) >= 11 is 0. The minimum Gasteiger partial charge on any atom is -0.481 e. The van der Waals surface area contributed by atoms with Gasteiger partial charge in [-0.05, 0) is 19.3 Å². The predicted molar refractivity (Wildman–Crippen MR) is 64.3 cm³/mol. The molecule has 1 atom stereocenters. The lowest BCUT2D eigenvalue weighted by atomic mass is 10.2. The summed E-state index contributed by atoms with van der Waals surface area (Å²) in [5.41, 5.74) is 0. The van der Waals surface area contributed by atoms with Crippen LogP contribution in [0.15, 0.2) is 0 Å². The minimum atomic E-state index is -0.896. The highest BCUT2D eigenvalue weighted by Crippen LogP contribution is 2.15. The maximum absolute atomic E-state index is 12.1. The van der Waals surface area contributed by atoms with Gasteiger partial charge in [-0.1, -0.05) is 0 Å². The molecule has 1 amide bonds. The fourth-order valence-electron chi connectivity index (χ4n) is 1.94. The Morgan fingerprint density at radius 1 is 1.44 bits per heavy atom. The molecular formula is C12H21NO5. The molecule has 1 aliphatic heterocycles. The summed E-state index contributed by atoms with van der Waals surface area (Å²) in [5, 5.41) is 8.69.